The van der Waals surface area contributed by atoms with E-state index < -0.39 is 0 Å². The second-order valence-electron chi connectivity index (χ2n) is 4.75. The summed E-state index contributed by atoms with van der Waals surface area (Å²) >= 11 is 12.7. The molecule has 1 aromatic carbocycles. The molecule has 0 aliphatic rings. The van der Waals surface area contributed by atoms with Gasteiger partial charge in [0.1, 0.15) is 0 Å². The van der Waals surface area contributed by atoms with Gasteiger partial charge in [0.15, 0.2) is 0 Å². The van der Waals surface area contributed by atoms with Crippen LogP contribution >= 0.6 is 23.2 Å². The van der Waals surface area contributed by atoms with Crippen LogP contribution in [-0.2, 0) is 0 Å². The Morgan fingerprint density at radius 1 is 1.20 bits per heavy atom. The molecule has 2 aromatic rings. The molecule has 2 rings (SSSR count). The highest BCUT2D eigenvalue weighted by Crippen LogP contribution is 2.34. The SMILES string of the molecule is CCCNC(c1cnccc1C)c1c(Cl)cccc1Cl. The van der Waals surface area contributed by atoms with E-state index in [-0.39, 0.29) is 6.04 Å². The molecule has 1 heterocycles. The maximum atomic E-state index is 6.36. The van der Waals surface area contributed by atoms with E-state index in [1.54, 1.807) is 6.20 Å². The van der Waals surface area contributed by atoms with Gasteiger partial charge < -0.3 is 5.32 Å². The van der Waals surface area contributed by atoms with Crippen molar-refractivity contribution >= 4 is 23.2 Å². The molecule has 0 bridgehead atoms. The number of benzene rings is 1. The number of nitrogens with zero attached hydrogens (tertiary/aromatic N) is 1. The standard InChI is InChI=1S/C16H18Cl2N2/c1-3-8-20-16(12-10-19-9-7-11(12)2)15-13(17)5-4-6-14(15)18/h4-7,9-10,16,20H,3,8H2,1-2H3. The van der Waals surface area contributed by atoms with Gasteiger partial charge in [0.2, 0.25) is 0 Å². The van der Waals surface area contributed by atoms with Crippen molar-refractivity contribution in [3.05, 3.63) is 63.4 Å². The summed E-state index contributed by atoms with van der Waals surface area (Å²) in [5.41, 5.74) is 3.20. The Balaban J connectivity index is 2.50. The molecule has 20 heavy (non-hydrogen) atoms. The van der Waals surface area contributed by atoms with E-state index in [0.717, 1.165) is 24.1 Å². The van der Waals surface area contributed by atoms with Crippen molar-refractivity contribution in [2.24, 2.45) is 0 Å². The summed E-state index contributed by atoms with van der Waals surface area (Å²) in [6.45, 7) is 5.09. The molecule has 0 amide bonds. The Labute approximate surface area is 130 Å². The quantitative estimate of drug-likeness (QED) is 0.859. The third kappa shape index (κ3) is 3.32. The molecule has 0 aliphatic carbocycles. The molecule has 0 radical (unpaired) electrons. The zero-order chi connectivity index (χ0) is 14.5. The largest absolute Gasteiger partial charge is 0.306 e. The van der Waals surface area contributed by atoms with Crippen molar-refractivity contribution in [2.45, 2.75) is 26.3 Å². The Morgan fingerprint density at radius 2 is 1.90 bits per heavy atom. The molecule has 0 saturated carbocycles. The monoisotopic (exact) mass is 308 g/mol. The van der Waals surface area contributed by atoms with E-state index in [1.165, 1.54) is 5.56 Å². The Morgan fingerprint density at radius 3 is 2.50 bits per heavy atom. The van der Waals surface area contributed by atoms with Crippen LogP contribution in [0.25, 0.3) is 0 Å². The summed E-state index contributed by atoms with van der Waals surface area (Å²) in [4.78, 5) is 4.23. The lowest BCUT2D eigenvalue weighted by Crippen LogP contribution is -2.24. The lowest BCUT2D eigenvalue weighted by molar-refractivity contribution is 0.595. The summed E-state index contributed by atoms with van der Waals surface area (Å²) in [6, 6.07) is 7.57. The first-order chi connectivity index (χ1) is 9.65. The molecular formula is C16H18Cl2N2. The zero-order valence-corrected chi connectivity index (χ0v) is 13.2. The van der Waals surface area contributed by atoms with Crippen LogP contribution in [0, 0.1) is 6.92 Å². The topological polar surface area (TPSA) is 24.9 Å². The van der Waals surface area contributed by atoms with Crippen LogP contribution in [0.5, 0.6) is 0 Å². The van der Waals surface area contributed by atoms with Gasteiger partial charge >= 0.3 is 0 Å². The molecule has 1 aromatic heterocycles. The molecule has 1 unspecified atom stereocenters. The van der Waals surface area contributed by atoms with Crippen molar-refractivity contribution < 1.29 is 0 Å². The van der Waals surface area contributed by atoms with Crippen LogP contribution in [0.4, 0.5) is 0 Å². The summed E-state index contributed by atoms with van der Waals surface area (Å²) < 4.78 is 0. The minimum Gasteiger partial charge on any atom is -0.306 e. The number of aromatic nitrogens is 1. The normalized spacial score (nSPS) is 12.4. The number of halogens is 2. The number of rotatable bonds is 5. The van der Waals surface area contributed by atoms with Gasteiger partial charge in [-0.3, -0.25) is 4.98 Å². The summed E-state index contributed by atoms with van der Waals surface area (Å²) in [5.74, 6) is 0. The maximum Gasteiger partial charge on any atom is 0.0624 e. The van der Waals surface area contributed by atoms with Crippen LogP contribution in [0.3, 0.4) is 0 Å². The van der Waals surface area contributed by atoms with Gasteiger partial charge in [-0.25, -0.2) is 0 Å². The fraction of sp³-hybridized carbons (Fsp3) is 0.312. The lowest BCUT2D eigenvalue weighted by atomic mass is 9.96. The summed E-state index contributed by atoms with van der Waals surface area (Å²) in [7, 11) is 0. The highest BCUT2D eigenvalue weighted by molar-refractivity contribution is 6.36. The van der Waals surface area contributed by atoms with Crippen molar-refractivity contribution in [1.29, 1.82) is 0 Å². The Bertz CT molecular complexity index is 564. The molecular weight excluding hydrogens is 291 g/mol. The fourth-order valence-corrected chi connectivity index (χ4v) is 2.84. The molecule has 1 atom stereocenters. The van der Waals surface area contributed by atoms with Crippen molar-refractivity contribution in [2.75, 3.05) is 6.54 Å². The van der Waals surface area contributed by atoms with E-state index in [9.17, 15) is 0 Å². The highest BCUT2D eigenvalue weighted by atomic mass is 35.5. The smallest absolute Gasteiger partial charge is 0.0624 e. The van der Waals surface area contributed by atoms with Gasteiger partial charge in [-0.2, -0.15) is 0 Å². The first-order valence-electron chi connectivity index (χ1n) is 6.73. The van der Waals surface area contributed by atoms with Gasteiger partial charge in [-0.15, -0.1) is 0 Å². The van der Waals surface area contributed by atoms with Crippen LogP contribution in [0.2, 0.25) is 10.0 Å². The fourth-order valence-electron chi connectivity index (χ4n) is 2.22. The molecule has 1 N–H and O–H groups in total. The van der Waals surface area contributed by atoms with Crippen LogP contribution in [0.1, 0.15) is 36.1 Å². The maximum absolute atomic E-state index is 6.36. The zero-order valence-electron chi connectivity index (χ0n) is 11.7. The van der Waals surface area contributed by atoms with E-state index in [2.05, 4.69) is 24.1 Å². The van der Waals surface area contributed by atoms with Gasteiger partial charge in [0, 0.05) is 28.0 Å². The third-order valence-electron chi connectivity index (χ3n) is 3.28. The van der Waals surface area contributed by atoms with Crippen LogP contribution in [0.15, 0.2) is 36.7 Å². The number of pyridine rings is 1. The van der Waals surface area contributed by atoms with Crippen molar-refractivity contribution in [3.8, 4) is 0 Å². The second kappa shape index (κ2) is 7.07. The minimum atomic E-state index is -0.0372. The number of nitrogens with one attached hydrogen (secondary N) is 1. The Kier molecular flexibility index (Phi) is 5.41. The summed E-state index contributed by atoms with van der Waals surface area (Å²) in [5, 5.41) is 4.87. The first-order valence-corrected chi connectivity index (χ1v) is 7.48. The van der Waals surface area contributed by atoms with E-state index in [1.807, 2.05) is 30.5 Å². The first kappa shape index (κ1) is 15.3. The predicted octanol–water partition coefficient (Wildman–Crippen LogP) is 4.79. The predicted molar refractivity (Wildman–Crippen MR) is 85.6 cm³/mol. The van der Waals surface area contributed by atoms with Gasteiger partial charge in [0.05, 0.1) is 6.04 Å². The van der Waals surface area contributed by atoms with Crippen LogP contribution in [-0.4, -0.2) is 11.5 Å². The third-order valence-corrected chi connectivity index (χ3v) is 3.94. The molecule has 2 nitrogen and oxygen atoms in total. The van der Waals surface area contributed by atoms with Crippen molar-refractivity contribution in [3.63, 3.8) is 0 Å². The Hall–Kier alpha value is -1.09. The van der Waals surface area contributed by atoms with E-state index in [0.29, 0.717) is 10.0 Å². The van der Waals surface area contributed by atoms with Gasteiger partial charge in [-0.1, -0.05) is 36.2 Å². The molecule has 106 valence electrons. The molecule has 0 spiro atoms. The minimum absolute atomic E-state index is 0.0372. The van der Waals surface area contributed by atoms with Crippen molar-refractivity contribution in [1.82, 2.24) is 10.3 Å². The lowest BCUT2D eigenvalue weighted by Gasteiger charge is -2.23. The second-order valence-corrected chi connectivity index (χ2v) is 5.57. The average molecular weight is 309 g/mol. The van der Waals surface area contributed by atoms with Gasteiger partial charge in [0.25, 0.3) is 0 Å². The van der Waals surface area contributed by atoms with Gasteiger partial charge in [-0.05, 0) is 49.2 Å². The number of hydrogen-bond acceptors (Lipinski definition) is 2. The molecule has 4 heteroatoms. The van der Waals surface area contributed by atoms with Crippen LogP contribution < -0.4 is 5.32 Å². The summed E-state index contributed by atoms with van der Waals surface area (Å²) in [6.07, 6.45) is 4.71. The molecule has 0 fully saturated rings. The average Bonchev–Trinajstić information content (AvgIpc) is 2.43. The number of aryl methyl sites for hydroxylation is 1. The number of hydrogen-bond donors (Lipinski definition) is 1. The highest BCUT2D eigenvalue weighted by Gasteiger charge is 2.21. The van der Waals surface area contributed by atoms with E-state index >= 15 is 0 Å². The van der Waals surface area contributed by atoms with E-state index in [4.69, 9.17) is 23.2 Å². The molecule has 0 saturated heterocycles. The molecule has 0 aliphatic heterocycles.